The normalized spacial score (nSPS) is 24.9. The Morgan fingerprint density at radius 1 is 1.03 bits per heavy atom. The summed E-state index contributed by atoms with van der Waals surface area (Å²) in [6.45, 7) is 14.2. The number of carbonyl (C=O) groups excluding carboxylic acids is 1. The van der Waals surface area contributed by atoms with E-state index in [-0.39, 0.29) is 16.9 Å². The van der Waals surface area contributed by atoms with Crippen LogP contribution in [0, 0.1) is 11.8 Å². The summed E-state index contributed by atoms with van der Waals surface area (Å²) in [5, 5.41) is 8.09. The molecule has 7 nitrogen and oxygen atoms in total. The van der Waals surface area contributed by atoms with E-state index in [1.807, 2.05) is 30.3 Å². The van der Waals surface area contributed by atoms with Crippen molar-refractivity contribution in [2.75, 3.05) is 29.9 Å². The number of amides is 1. The lowest BCUT2D eigenvalue weighted by Gasteiger charge is -2.34. The van der Waals surface area contributed by atoms with E-state index in [1.54, 1.807) is 0 Å². The molecule has 1 unspecified atom stereocenters. The average molecular weight is 523 g/mol. The Hall–Kier alpha value is -2.32. The lowest BCUT2D eigenvalue weighted by atomic mass is 9.84. The van der Waals surface area contributed by atoms with E-state index >= 15 is 0 Å². The highest BCUT2D eigenvalue weighted by Gasteiger charge is 2.41. The van der Waals surface area contributed by atoms with Gasteiger partial charge in [0.15, 0.2) is 0 Å². The Morgan fingerprint density at radius 2 is 1.81 bits per heavy atom. The summed E-state index contributed by atoms with van der Waals surface area (Å²) in [6, 6.07) is 10.4. The quantitative estimate of drug-likeness (QED) is 0.433. The van der Waals surface area contributed by atoms with Crippen molar-refractivity contribution in [1.82, 2.24) is 20.0 Å². The molecular weight excluding hydrogens is 480 g/mol. The highest BCUT2D eigenvalue weighted by molar-refractivity contribution is 7.97. The first-order valence-corrected chi connectivity index (χ1v) is 14.6. The molecule has 0 spiro atoms. The minimum atomic E-state index is -0.130. The molecule has 2 aromatic heterocycles. The molecule has 2 fully saturated rings. The second-order valence-corrected chi connectivity index (χ2v) is 13.4. The molecule has 0 aliphatic carbocycles. The van der Waals surface area contributed by atoms with Crippen molar-refractivity contribution < 1.29 is 4.79 Å². The highest BCUT2D eigenvalue weighted by atomic mass is 32.2. The van der Waals surface area contributed by atoms with Crippen LogP contribution in [0.5, 0.6) is 0 Å². The largest absolute Gasteiger partial charge is 0.367 e. The standard InChI is InChI=1S/C29H42N6OS/c1-28(2,3)23-12-10-21-26(32-23)35-18-19(17-29(35,4)5)9-11-22(20-13-15-30-16-14-20)31-24-7-6-8-25(33-24)37-34-27(21)36/h6-8,10,12,19-20,22,30H,9,11,13-18H2,1-5H3,(H,31,33)(H,34,36)/t19-,22?/m0/s1. The van der Waals surface area contributed by atoms with Crippen molar-refractivity contribution in [2.24, 2.45) is 11.8 Å². The van der Waals surface area contributed by atoms with Crippen molar-refractivity contribution in [1.29, 1.82) is 0 Å². The molecule has 0 saturated carbocycles. The summed E-state index contributed by atoms with van der Waals surface area (Å²) < 4.78 is 3.05. The molecule has 37 heavy (non-hydrogen) atoms. The van der Waals surface area contributed by atoms with Crippen LogP contribution in [0.4, 0.5) is 11.6 Å². The van der Waals surface area contributed by atoms with Gasteiger partial charge in [-0.1, -0.05) is 26.8 Å². The summed E-state index contributed by atoms with van der Waals surface area (Å²) in [5.74, 6) is 2.76. The molecule has 2 aromatic rings. The average Bonchev–Trinajstić information content (AvgIpc) is 3.18. The Morgan fingerprint density at radius 3 is 2.57 bits per heavy atom. The van der Waals surface area contributed by atoms with Gasteiger partial charge in [-0.2, -0.15) is 0 Å². The van der Waals surface area contributed by atoms with Crippen molar-refractivity contribution in [3.8, 4) is 0 Å². The second-order valence-electron chi connectivity index (χ2n) is 12.6. The van der Waals surface area contributed by atoms with Gasteiger partial charge in [0.1, 0.15) is 16.7 Å². The number of nitrogens with zero attached hydrogens (tertiary/aromatic N) is 3. The topological polar surface area (TPSA) is 82.2 Å². The fraction of sp³-hybridized carbons (Fsp3) is 0.621. The fourth-order valence-corrected chi connectivity index (χ4v) is 6.78. The minimum Gasteiger partial charge on any atom is -0.367 e. The molecule has 5 heterocycles. The van der Waals surface area contributed by atoms with Crippen LogP contribution in [-0.2, 0) is 5.41 Å². The van der Waals surface area contributed by atoms with Crippen LogP contribution in [0.25, 0.3) is 0 Å². The molecule has 2 saturated heterocycles. The number of nitrogens with one attached hydrogen (secondary N) is 3. The summed E-state index contributed by atoms with van der Waals surface area (Å²) >= 11 is 1.27. The van der Waals surface area contributed by atoms with E-state index in [0.29, 0.717) is 23.4 Å². The maximum atomic E-state index is 13.5. The van der Waals surface area contributed by atoms with E-state index in [1.165, 1.54) is 24.8 Å². The van der Waals surface area contributed by atoms with Crippen LogP contribution in [0.3, 0.4) is 0 Å². The number of carbonyl (C=O) groups is 1. The lowest BCUT2D eigenvalue weighted by molar-refractivity contribution is 0.0984. The van der Waals surface area contributed by atoms with Crippen LogP contribution in [0.1, 0.15) is 82.8 Å². The van der Waals surface area contributed by atoms with Gasteiger partial charge in [0.25, 0.3) is 5.91 Å². The zero-order chi connectivity index (χ0) is 26.2. The minimum absolute atomic E-state index is 0.0725. The molecule has 3 N–H and O–H groups in total. The molecule has 0 aromatic carbocycles. The number of hydrogen-bond donors (Lipinski definition) is 3. The molecule has 2 atom stereocenters. The summed E-state index contributed by atoms with van der Waals surface area (Å²) in [4.78, 5) is 25.9. The number of fused-ring (bicyclic) bond motifs is 6. The van der Waals surface area contributed by atoms with E-state index in [2.05, 4.69) is 54.9 Å². The fourth-order valence-electron chi connectivity index (χ4n) is 6.19. The maximum Gasteiger partial charge on any atom is 0.265 e. The van der Waals surface area contributed by atoms with Gasteiger partial charge in [0, 0.05) is 41.2 Å². The Bertz CT molecular complexity index is 1120. The summed E-state index contributed by atoms with van der Waals surface area (Å²) in [7, 11) is 0. The molecule has 3 aliphatic rings. The number of hydrogen-bond acceptors (Lipinski definition) is 7. The zero-order valence-corrected chi connectivity index (χ0v) is 23.8. The third-order valence-corrected chi connectivity index (χ3v) is 8.97. The van der Waals surface area contributed by atoms with Gasteiger partial charge in [-0.3, -0.25) is 9.52 Å². The number of anilines is 2. The van der Waals surface area contributed by atoms with E-state index < -0.39 is 0 Å². The van der Waals surface area contributed by atoms with Crippen LogP contribution >= 0.6 is 11.9 Å². The number of piperidine rings is 1. The maximum absolute atomic E-state index is 13.5. The first-order valence-electron chi connectivity index (χ1n) is 13.8. The van der Waals surface area contributed by atoms with Crippen LogP contribution in [0.15, 0.2) is 35.4 Å². The van der Waals surface area contributed by atoms with Crippen molar-refractivity contribution in [2.45, 2.75) is 88.7 Å². The molecular formula is C29H42N6OS. The molecule has 5 rings (SSSR count). The Labute approximate surface area is 226 Å². The van der Waals surface area contributed by atoms with Gasteiger partial charge in [0.05, 0.1) is 5.56 Å². The zero-order valence-electron chi connectivity index (χ0n) is 22.9. The Kier molecular flexibility index (Phi) is 7.42. The molecule has 1 amide bonds. The van der Waals surface area contributed by atoms with E-state index in [4.69, 9.17) is 9.97 Å². The van der Waals surface area contributed by atoms with Gasteiger partial charge in [-0.25, -0.2) is 9.97 Å². The van der Waals surface area contributed by atoms with Gasteiger partial charge in [0.2, 0.25) is 0 Å². The Balaban J connectivity index is 1.52. The van der Waals surface area contributed by atoms with Crippen molar-refractivity contribution in [3.63, 3.8) is 0 Å². The molecule has 8 heteroatoms. The van der Waals surface area contributed by atoms with Gasteiger partial charge < -0.3 is 15.5 Å². The molecule has 3 aliphatic heterocycles. The SMILES string of the molecule is CC(C)(C)c1ccc2c(n1)N1C[C@@H](CCC(C3CCNCC3)Nc3cccc(n3)SNC2=O)CC1(C)C. The first-order chi connectivity index (χ1) is 17.6. The predicted molar refractivity (Wildman–Crippen MR) is 152 cm³/mol. The van der Waals surface area contributed by atoms with Gasteiger partial charge in [-0.15, -0.1) is 0 Å². The van der Waals surface area contributed by atoms with E-state index in [0.717, 1.165) is 61.3 Å². The summed E-state index contributed by atoms with van der Waals surface area (Å²) in [6.07, 6.45) is 5.75. The van der Waals surface area contributed by atoms with Crippen LogP contribution < -0.4 is 20.3 Å². The lowest BCUT2D eigenvalue weighted by Crippen LogP contribution is -2.40. The highest BCUT2D eigenvalue weighted by Crippen LogP contribution is 2.41. The molecule has 0 radical (unpaired) electrons. The smallest absolute Gasteiger partial charge is 0.265 e. The van der Waals surface area contributed by atoms with E-state index in [9.17, 15) is 4.79 Å². The van der Waals surface area contributed by atoms with Crippen LogP contribution in [0.2, 0.25) is 0 Å². The number of rotatable bonds is 1. The van der Waals surface area contributed by atoms with Crippen molar-refractivity contribution >= 4 is 29.5 Å². The second kappa shape index (κ2) is 10.4. The van der Waals surface area contributed by atoms with Crippen LogP contribution in [-0.4, -0.2) is 47.1 Å². The third-order valence-electron chi connectivity index (χ3n) is 8.25. The monoisotopic (exact) mass is 522 g/mol. The molecule has 200 valence electrons. The van der Waals surface area contributed by atoms with Crippen molar-refractivity contribution in [3.05, 3.63) is 41.6 Å². The first kappa shape index (κ1) is 26.3. The number of aromatic nitrogens is 2. The van der Waals surface area contributed by atoms with Gasteiger partial charge in [-0.05, 0) is 95.1 Å². The summed E-state index contributed by atoms with van der Waals surface area (Å²) in [5.41, 5.74) is 1.47. The third kappa shape index (κ3) is 5.90. The predicted octanol–water partition coefficient (Wildman–Crippen LogP) is 5.39. The van der Waals surface area contributed by atoms with Gasteiger partial charge >= 0.3 is 0 Å². The molecule has 4 bridgehead atoms. The number of pyridine rings is 2.